The van der Waals surface area contributed by atoms with Gasteiger partial charge >= 0.3 is 0 Å². The highest BCUT2D eigenvalue weighted by molar-refractivity contribution is 8.00. The minimum Gasteiger partial charge on any atom is -0.495 e. The minimum absolute atomic E-state index is 0.0798. The summed E-state index contributed by atoms with van der Waals surface area (Å²) < 4.78 is 10.7. The van der Waals surface area contributed by atoms with Gasteiger partial charge in [-0.15, -0.1) is 11.8 Å². The molecule has 10 heteroatoms. The summed E-state index contributed by atoms with van der Waals surface area (Å²) in [5.41, 5.74) is 2.21. The Hall–Kier alpha value is -5.25. The number of anilines is 2. The fourth-order valence-corrected chi connectivity index (χ4v) is 6.23. The summed E-state index contributed by atoms with van der Waals surface area (Å²) in [5, 5.41) is 10.5. The van der Waals surface area contributed by atoms with Gasteiger partial charge in [-0.1, -0.05) is 85.3 Å². The average Bonchev–Trinajstić information content (AvgIpc) is 3.11. The van der Waals surface area contributed by atoms with E-state index in [9.17, 15) is 14.4 Å². The molecule has 5 aromatic carbocycles. The van der Waals surface area contributed by atoms with Crippen LogP contribution in [-0.4, -0.2) is 37.2 Å². The third-order valence-electron chi connectivity index (χ3n) is 7.42. The molecule has 0 radical (unpaired) electrons. The van der Waals surface area contributed by atoms with E-state index in [1.807, 2.05) is 61.5 Å². The van der Waals surface area contributed by atoms with Crippen molar-refractivity contribution in [2.75, 3.05) is 24.9 Å². The number of rotatable bonds is 12. The smallest absolute Gasteiger partial charge is 0.272 e. The van der Waals surface area contributed by atoms with Crippen molar-refractivity contribution in [3.8, 4) is 11.5 Å². The zero-order chi connectivity index (χ0) is 34.0. The number of carbonyl (C=O) groups excluding carboxylic acids is 3. The number of carbonyl (C=O) groups is 3. The number of hydrogen-bond acceptors (Lipinski definition) is 6. The van der Waals surface area contributed by atoms with Crippen LogP contribution in [0.5, 0.6) is 11.5 Å². The predicted molar refractivity (Wildman–Crippen MR) is 194 cm³/mol. The number of fused-ring (bicyclic) bond motifs is 1. The van der Waals surface area contributed by atoms with Crippen LogP contribution in [0.3, 0.4) is 0 Å². The molecule has 5 rings (SSSR count). The Morgan fingerprint density at radius 3 is 2.27 bits per heavy atom. The fraction of sp³-hybridized carbons (Fsp3) is 0.132. The van der Waals surface area contributed by atoms with Crippen LogP contribution in [0.1, 0.15) is 29.3 Å². The van der Waals surface area contributed by atoms with Gasteiger partial charge in [-0.25, -0.2) is 0 Å². The first-order valence-corrected chi connectivity index (χ1v) is 16.4. The third-order valence-corrected chi connectivity index (χ3v) is 9.07. The third kappa shape index (κ3) is 8.36. The molecule has 0 aliphatic carbocycles. The van der Waals surface area contributed by atoms with E-state index < -0.39 is 17.1 Å². The maximum Gasteiger partial charge on any atom is 0.272 e. The Morgan fingerprint density at radius 1 is 0.812 bits per heavy atom. The molecule has 1 atom stereocenters. The topological polar surface area (TPSA) is 106 Å². The van der Waals surface area contributed by atoms with Crippen molar-refractivity contribution in [1.29, 1.82) is 0 Å². The lowest BCUT2D eigenvalue weighted by Crippen LogP contribution is -2.30. The highest BCUT2D eigenvalue weighted by atomic mass is 35.5. The van der Waals surface area contributed by atoms with E-state index in [2.05, 4.69) is 16.0 Å². The molecule has 0 heterocycles. The van der Waals surface area contributed by atoms with Crippen molar-refractivity contribution in [2.24, 2.45) is 0 Å². The van der Waals surface area contributed by atoms with Crippen LogP contribution in [0.4, 0.5) is 11.4 Å². The lowest BCUT2D eigenvalue weighted by atomic mass is 10.0. The number of thioether (sulfide) groups is 1. The standard InChI is InChI=1S/C38H34ClN3O5S/c1-4-35(38(45)41-31-22-30(39)33(46-2)23-34(31)47-3)48-28-18-11-17-27(21-28)40-37(44)32(42-36(43)25-13-6-5-7-14-25)20-26-16-10-15-24-12-8-9-19-29(24)26/h5-23,35H,4H2,1-3H3,(H,40,44)(H,41,45)(H,42,43)/b32-20+. The summed E-state index contributed by atoms with van der Waals surface area (Å²) in [4.78, 5) is 41.0. The number of halogens is 1. The Bertz CT molecular complexity index is 1980. The molecule has 8 nitrogen and oxygen atoms in total. The molecule has 244 valence electrons. The number of methoxy groups -OCH3 is 2. The lowest BCUT2D eigenvalue weighted by Gasteiger charge is -2.18. The first kappa shape index (κ1) is 34.1. The summed E-state index contributed by atoms with van der Waals surface area (Å²) in [6.45, 7) is 1.92. The van der Waals surface area contributed by atoms with Crippen molar-refractivity contribution in [3.05, 3.63) is 131 Å². The second-order valence-corrected chi connectivity index (χ2v) is 12.3. The van der Waals surface area contributed by atoms with E-state index in [1.165, 1.54) is 26.0 Å². The first-order chi connectivity index (χ1) is 23.3. The lowest BCUT2D eigenvalue weighted by molar-refractivity contribution is -0.116. The van der Waals surface area contributed by atoms with E-state index in [0.29, 0.717) is 39.9 Å². The number of benzene rings is 5. The fourth-order valence-electron chi connectivity index (χ4n) is 4.98. The van der Waals surface area contributed by atoms with Gasteiger partial charge in [0.05, 0.1) is 30.2 Å². The summed E-state index contributed by atoms with van der Waals surface area (Å²) in [6, 6.07) is 32.7. The summed E-state index contributed by atoms with van der Waals surface area (Å²) in [6.07, 6.45) is 2.21. The normalized spacial score (nSPS) is 11.8. The zero-order valence-corrected chi connectivity index (χ0v) is 28.2. The zero-order valence-electron chi connectivity index (χ0n) is 26.6. The summed E-state index contributed by atoms with van der Waals surface area (Å²) in [7, 11) is 3.00. The molecule has 0 saturated carbocycles. The van der Waals surface area contributed by atoms with Crippen molar-refractivity contribution < 1.29 is 23.9 Å². The largest absolute Gasteiger partial charge is 0.495 e. The second-order valence-electron chi connectivity index (χ2n) is 10.6. The van der Waals surface area contributed by atoms with Gasteiger partial charge in [0.2, 0.25) is 5.91 Å². The Balaban J connectivity index is 1.36. The second kappa shape index (κ2) is 16.0. The summed E-state index contributed by atoms with van der Waals surface area (Å²) in [5.74, 6) is -0.293. The van der Waals surface area contributed by atoms with Gasteiger partial charge in [-0.05, 0) is 65.2 Å². The molecule has 0 spiro atoms. The van der Waals surface area contributed by atoms with E-state index in [4.69, 9.17) is 21.1 Å². The van der Waals surface area contributed by atoms with Crippen LogP contribution in [-0.2, 0) is 9.59 Å². The molecule has 0 aromatic heterocycles. The Morgan fingerprint density at radius 2 is 1.52 bits per heavy atom. The molecule has 0 bridgehead atoms. The van der Waals surface area contributed by atoms with Crippen molar-refractivity contribution in [2.45, 2.75) is 23.5 Å². The van der Waals surface area contributed by atoms with Crippen molar-refractivity contribution in [3.63, 3.8) is 0 Å². The van der Waals surface area contributed by atoms with Crippen molar-refractivity contribution in [1.82, 2.24) is 5.32 Å². The quantitative estimate of drug-likeness (QED) is 0.0903. The minimum atomic E-state index is -0.498. The molecular formula is C38H34ClN3O5S. The predicted octanol–water partition coefficient (Wildman–Crippen LogP) is 8.43. The van der Waals surface area contributed by atoms with Crippen LogP contribution in [0.2, 0.25) is 5.02 Å². The van der Waals surface area contributed by atoms with E-state index in [1.54, 1.807) is 60.7 Å². The van der Waals surface area contributed by atoms with Gasteiger partial charge in [-0.3, -0.25) is 14.4 Å². The van der Waals surface area contributed by atoms with E-state index in [0.717, 1.165) is 21.2 Å². The maximum atomic E-state index is 13.8. The first-order valence-electron chi connectivity index (χ1n) is 15.2. The number of hydrogen-bond donors (Lipinski definition) is 3. The highest BCUT2D eigenvalue weighted by Crippen LogP contribution is 2.37. The van der Waals surface area contributed by atoms with Crippen LogP contribution < -0.4 is 25.4 Å². The van der Waals surface area contributed by atoms with Crippen LogP contribution >= 0.6 is 23.4 Å². The number of nitrogens with one attached hydrogen (secondary N) is 3. The maximum absolute atomic E-state index is 13.8. The summed E-state index contributed by atoms with van der Waals surface area (Å²) >= 11 is 7.65. The molecule has 3 amide bonds. The van der Waals surface area contributed by atoms with Gasteiger partial charge in [0.15, 0.2) is 0 Å². The van der Waals surface area contributed by atoms with Gasteiger partial charge in [0.1, 0.15) is 17.2 Å². The molecule has 0 aliphatic heterocycles. The average molecular weight is 680 g/mol. The number of ether oxygens (including phenoxy) is 2. The highest BCUT2D eigenvalue weighted by Gasteiger charge is 2.22. The van der Waals surface area contributed by atoms with Crippen LogP contribution in [0, 0.1) is 0 Å². The molecule has 48 heavy (non-hydrogen) atoms. The van der Waals surface area contributed by atoms with Crippen molar-refractivity contribution >= 4 is 69.3 Å². The molecule has 3 N–H and O–H groups in total. The molecule has 0 aliphatic rings. The van der Waals surface area contributed by atoms with Gasteiger partial charge in [0.25, 0.3) is 11.8 Å². The molecule has 0 saturated heterocycles. The molecular weight excluding hydrogens is 646 g/mol. The number of amides is 3. The Labute approximate surface area is 288 Å². The molecule has 0 fully saturated rings. The van der Waals surface area contributed by atoms with Crippen LogP contribution in [0.25, 0.3) is 16.8 Å². The molecule has 1 unspecified atom stereocenters. The van der Waals surface area contributed by atoms with Gasteiger partial charge in [0, 0.05) is 22.2 Å². The van der Waals surface area contributed by atoms with Crippen LogP contribution in [0.15, 0.2) is 120 Å². The van der Waals surface area contributed by atoms with E-state index in [-0.39, 0.29) is 11.6 Å². The van der Waals surface area contributed by atoms with Gasteiger partial charge < -0.3 is 25.4 Å². The van der Waals surface area contributed by atoms with E-state index >= 15 is 0 Å². The van der Waals surface area contributed by atoms with Gasteiger partial charge in [-0.2, -0.15) is 0 Å². The Kier molecular flexibility index (Phi) is 11.4. The monoisotopic (exact) mass is 679 g/mol. The molecule has 5 aromatic rings. The SMILES string of the molecule is CCC(Sc1cccc(NC(=O)/C(=C\c2cccc3ccccc23)NC(=O)c2ccccc2)c1)C(=O)Nc1cc(Cl)c(OC)cc1OC.